The summed E-state index contributed by atoms with van der Waals surface area (Å²) in [5.74, 6) is -0.418. The first-order chi connectivity index (χ1) is 14.4. The number of rotatable bonds is 8. The van der Waals surface area contributed by atoms with Crippen molar-refractivity contribution in [1.82, 2.24) is 14.9 Å². The van der Waals surface area contributed by atoms with Crippen molar-refractivity contribution in [2.45, 2.75) is 37.2 Å². The molecule has 0 radical (unpaired) electrons. The van der Waals surface area contributed by atoms with Gasteiger partial charge in [0, 0.05) is 24.0 Å². The Hall–Kier alpha value is -2.36. The van der Waals surface area contributed by atoms with Crippen LogP contribution >= 0.6 is 11.3 Å². The molecule has 1 aliphatic rings. The predicted octanol–water partition coefficient (Wildman–Crippen LogP) is 3.78. The van der Waals surface area contributed by atoms with Gasteiger partial charge in [0.2, 0.25) is 9.84 Å². The summed E-state index contributed by atoms with van der Waals surface area (Å²) in [7, 11) is -3.57. The Bertz CT molecular complexity index is 1130. The van der Waals surface area contributed by atoms with Crippen LogP contribution in [0.3, 0.4) is 0 Å². The van der Waals surface area contributed by atoms with Crippen LogP contribution in [0, 0.1) is 12.7 Å². The van der Waals surface area contributed by atoms with E-state index in [-0.39, 0.29) is 16.6 Å². The minimum Gasteiger partial charge on any atom is -0.379 e. The van der Waals surface area contributed by atoms with Gasteiger partial charge in [0.25, 0.3) is 0 Å². The van der Waals surface area contributed by atoms with Crippen LogP contribution in [0.25, 0.3) is 0 Å². The van der Waals surface area contributed by atoms with Gasteiger partial charge in [-0.1, -0.05) is 12.1 Å². The van der Waals surface area contributed by atoms with E-state index in [2.05, 4.69) is 20.2 Å². The first-order valence-electron chi connectivity index (χ1n) is 9.72. The lowest BCUT2D eigenvalue weighted by atomic mass is 10.0. The number of thiazole rings is 1. The topological polar surface area (TPSA) is 75.2 Å². The van der Waals surface area contributed by atoms with Gasteiger partial charge in [0.05, 0.1) is 28.3 Å². The molecule has 0 atom stereocenters. The highest BCUT2D eigenvalue weighted by atomic mass is 32.2. The van der Waals surface area contributed by atoms with Crippen molar-refractivity contribution >= 4 is 26.9 Å². The molecule has 30 heavy (non-hydrogen) atoms. The van der Waals surface area contributed by atoms with E-state index in [1.807, 2.05) is 6.07 Å². The molecule has 0 aliphatic carbocycles. The first kappa shape index (κ1) is 20.9. The zero-order valence-electron chi connectivity index (χ0n) is 16.6. The Morgan fingerprint density at radius 1 is 1.23 bits per heavy atom. The molecule has 0 saturated carbocycles. The number of hydrogen-bond acceptors (Lipinski definition) is 7. The summed E-state index contributed by atoms with van der Waals surface area (Å²) in [5, 5.41) is 4.95. The number of nitrogens with zero attached hydrogens (tertiary/aromatic N) is 3. The number of nitrogens with one attached hydrogen (secondary N) is 1. The number of pyridine rings is 1. The smallest absolute Gasteiger partial charge is 0.201 e. The molecule has 3 aromatic rings. The van der Waals surface area contributed by atoms with Crippen LogP contribution in [0.1, 0.15) is 28.9 Å². The fraction of sp³-hybridized carbons (Fsp3) is 0.333. The molecule has 1 aromatic carbocycles. The quantitative estimate of drug-likeness (QED) is 0.568. The number of halogens is 1. The average molecular weight is 447 g/mol. The molecule has 0 bridgehead atoms. The van der Waals surface area contributed by atoms with Crippen molar-refractivity contribution < 1.29 is 12.8 Å². The van der Waals surface area contributed by atoms with Gasteiger partial charge in [-0.05, 0) is 50.2 Å². The molecule has 1 N–H and O–H groups in total. The minimum absolute atomic E-state index is 0.0166. The van der Waals surface area contributed by atoms with Crippen LogP contribution in [0.5, 0.6) is 0 Å². The third-order valence-electron chi connectivity index (χ3n) is 5.21. The molecule has 1 fully saturated rings. The molecule has 0 spiro atoms. The maximum Gasteiger partial charge on any atom is 0.201 e. The van der Waals surface area contributed by atoms with Crippen molar-refractivity contribution in [3.8, 4) is 0 Å². The molecule has 3 heterocycles. The van der Waals surface area contributed by atoms with Crippen molar-refractivity contribution in [2.75, 3.05) is 18.4 Å². The van der Waals surface area contributed by atoms with Crippen LogP contribution in [-0.4, -0.2) is 36.4 Å². The average Bonchev–Trinajstić information content (AvgIpc) is 3.17. The second-order valence-corrected chi connectivity index (χ2v) is 10.0. The number of hydrogen-bond donors (Lipinski definition) is 1. The van der Waals surface area contributed by atoms with Crippen LogP contribution in [0.4, 0.5) is 10.1 Å². The van der Waals surface area contributed by atoms with E-state index in [4.69, 9.17) is 0 Å². The fourth-order valence-corrected chi connectivity index (χ4v) is 5.30. The zero-order valence-corrected chi connectivity index (χ0v) is 18.3. The SMILES string of the molecule is Cc1nc(S(=O)(=O)Cc2cscn2)ccc1NCc1c(F)cccc1CN1CCC1. The minimum atomic E-state index is -3.57. The lowest BCUT2D eigenvalue weighted by Gasteiger charge is -2.31. The van der Waals surface area contributed by atoms with Crippen molar-refractivity contribution in [2.24, 2.45) is 0 Å². The molecule has 0 unspecified atom stereocenters. The fourth-order valence-electron chi connectivity index (χ4n) is 3.39. The molecule has 9 heteroatoms. The summed E-state index contributed by atoms with van der Waals surface area (Å²) < 4.78 is 39.7. The molecule has 4 rings (SSSR count). The van der Waals surface area contributed by atoms with Crippen LogP contribution < -0.4 is 5.32 Å². The summed E-state index contributed by atoms with van der Waals surface area (Å²) in [6.45, 7) is 4.88. The highest BCUT2D eigenvalue weighted by Crippen LogP contribution is 2.23. The second kappa shape index (κ2) is 8.79. The predicted molar refractivity (Wildman–Crippen MR) is 116 cm³/mol. The van der Waals surface area contributed by atoms with Gasteiger partial charge in [0.15, 0.2) is 5.03 Å². The summed E-state index contributed by atoms with van der Waals surface area (Å²) in [6, 6.07) is 8.34. The summed E-state index contributed by atoms with van der Waals surface area (Å²) >= 11 is 1.36. The normalized spacial score (nSPS) is 14.5. The number of aryl methyl sites for hydroxylation is 1. The maximum absolute atomic E-state index is 14.5. The Labute approximate surface area is 179 Å². The van der Waals surface area contributed by atoms with Crippen LogP contribution in [-0.2, 0) is 28.7 Å². The van der Waals surface area contributed by atoms with E-state index in [9.17, 15) is 12.8 Å². The summed E-state index contributed by atoms with van der Waals surface area (Å²) in [4.78, 5) is 10.6. The van der Waals surface area contributed by atoms with Gasteiger partial charge < -0.3 is 5.32 Å². The largest absolute Gasteiger partial charge is 0.379 e. The molecule has 1 aliphatic heterocycles. The summed E-state index contributed by atoms with van der Waals surface area (Å²) in [6.07, 6.45) is 1.19. The first-order valence-corrected chi connectivity index (χ1v) is 12.3. The van der Waals surface area contributed by atoms with Crippen molar-refractivity contribution in [3.05, 3.63) is 69.6 Å². The van der Waals surface area contributed by atoms with E-state index >= 15 is 0 Å². The van der Waals surface area contributed by atoms with Gasteiger partial charge in [-0.3, -0.25) is 4.90 Å². The van der Waals surface area contributed by atoms with Gasteiger partial charge >= 0.3 is 0 Å². The molecule has 0 amide bonds. The highest BCUT2D eigenvalue weighted by molar-refractivity contribution is 7.90. The lowest BCUT2D eigenvalue weighted by molar-refractivity contribution is 0.172. The van der Waals surface area contributed by atoms with E-state index in [1.165, 1.54) is 29.9 Å². The van der Waals surface area contributed by atoms with Crippen molar-refractivity contribution in [1.29, 1.82) is 0 Å². The van der Waals surface area contributed by atoms with Crippen molar-refractivity contribution in [3.63, 3.8) is 0 Å². The number of benzene rings is 1. The summed E-state index contributed by atoms with van der Waals surface area (Å²) in [5.41, 5.74) is 4.95. The van der Waals surface area contributed by atoms with E-state index < -0.39 is 9.84 Å². The lowest BCUT2D eigenvalue weighted by Crippen LogP contribution is -2.36. The Morgan fingerprint density at radius 3 is 2.73 bits per heavy atom. The number of likely N-dealkylation sites (tertiary alicyclic amines) is 1. The molecular weight excluding hydrogens is 423 g/mol. The Balaban J connectivity index is 1.48. The van der Waals surface area contributed by atoms with Crippen LogP contribution in [0.2, 0.25) is 0 Å². The van der Waals surface area contributed by atoms with E-state index in [0.717, 1.165) is 25.2 Å². The molecule has 158 valence electrons. The maximum atomic E-state index is 14.5. The molecule has 1 saturated heterocycles. The third kappa shape index (κ3) is 4.69. The Kier molecular flexibility index (Phi) is 6.12. The number of anilines is 1. The number of aromatic nitrogens is 2. The van der Waals surface area contributed by atoms with Gasteiger partial charge in [-0.2, -0.15) is 0 Å². The third-order valence-corrected chi connectivity index (χ3v) is 7.39. The van der Waals surface area contributed by atoms with Gasteiger partial charge in [0.1, 0.15) is 5.82 Å². The standard InChI is InChI=1S/C21H23FN4O2S2/c1-15-20(6-7-21(25-15)30(27,28)13-17-12-29-14-24-17)23-10-18-16(4-2-5-19(18)22)11-26-8-3-9-26/h2,4-7,12,14,23H,3,8-11,13H2,1H3. The monoisotopic (exact) mass is 446 g/mol. The van der Waals surface area contributed by atoms with Gasteiger partial charge in [-0.15, -0.1) is 11.3 Å². The highest BCUT2D eigenvalue weighted by Gasteiger charge is 2.20. The molecule has 6 nitrogen and oxygen atoms in total. The van der Waals surface area contributed by atoms with Gasteiger partial charge in [-0.25, -0.2) is 22.8 Å². The van der Waals surface area contributed by atoms with Crippen LogP contribution in [0.15, 0.2) is 46.2 Å². The van der Waals surface area contributed by atoms with E-state index in [1.54, 1.807) is 29.9 Å². The number of sulfone groups is 1. The van der Waals surface area contributed by atoms with E-state index in [0.29, 0.717) is 29.2 Å². The second-order valence-electron chi connectivity index (χ2n) is 7.38. The molecule has 2 aromatic heterocycles. The Morgan fingerprint density at radius 2 is 2.07 bits per heavy atom. The molecular formula is C21H23FN4O2S2. The zero-order chi connectivity index (χ0) is 21.1.